The van der Waals surface area contributed by atoms with Crippen LogP contribution in [0, 0.1) is 5.92 Å². The maximum Gasteiger partial charge on any atom is 1.00 e. The molecule has 13 heavy (non-hydrogen) atoms. The predicted molar refractivity (Wildman–Crippen MR) is 47.9 cm³/mol. The van der Waals surface area contributed by atoms with E-state index < -0.39 is 10.1 Å². The van der Waals surface area contributed by atoms with Crippen LogP contribution in [-0.2, 0) is 10.1 Å². The molecule has 0 spiro atoms. The van der Waals surface area contributed by atoms with Crippen molar-refractivity contribution >= 4 is 10.1 Å². The summed E-state index contributed by atoms with van der Waals surface area (Å²) in [5.74, 6) is 0.458. The molecule has 0 aromatic heterocycles. The molecular formula is C8H17NaO3S. The summed E-state index contributed by atoms with van der Waals surface area (Å²) in [5.41, 5.74) is 0. The molecular weight excluding hydrogens is 199 g/mol. The molecule has 0 aliphatic rings. The minimum atomic E-state index is -3.97. The smallest absolute Gasteiger partial charge is 0.748 e. The molecule has 0 radical (unpaired) electrons. The molecule has 0 atom stereocenters. The van der Waals surface area contributed by atoms with Crippen molar-refractivity contribution in [1.29, 1.82) is 0 Å². The van der Waals surface area contributed by atoms with E-state index in [-0.39, 0.29) is 35.3 Å². The number of hydrogen-bond donors (Lipinski definition) is 0. The first-order valence-corrected chi connectivity index (χ1v) is 5.93. The minimum absolute atomic E-state index is 0. The normalized spacial score (nSPS) is 11.4. The van der Waals surface area contributed by atoms with E-state index in [9.17, 15) is 13.0 Å². The van der Waals surface area contributed by atoms with Crippen molar-refractivity contribution in [2.75, 3.05) is 5.75 Å². The number of unbranched alkanes of at least 4 members (excludes halogenated alkanes) is 2. The molecule has 0 aliphatic heterocycles. The Morgan fingerprint density at radius 2 is 1.69 bits per heavy atom. The maximum absolute atomic E-state index is 10.2. The molecule has 0 aromatic rings. The van der Waals surface area contributed by atoms with Gasteiger partial charge in [-0.05, 0) is 12.3 Å². The van der Waals surface area contributed by atoms with Gasteiger partial charge in [-0.1, -0.05) is 33.1 Å². The van der Waals surface area contributed by atoms with E-state index in [4.69, 9.17) is 0 Å². The Kier molecular flexibility index (Phi) is 10.4. The molecule has 0 amide bonds. The molecule has 0 unspecified atom stereocenters. The Morgan fingerprint density at radius 3 is 2.08 bits per heavy atom. The van der Waals surface area contributed by atoms with Gasteiger partial charge in [0.1, 0.15) is 0 Å². The third-order valence-corrected chi connectivity index (χ3v) is 2.46. The summed E-state index contributed by atoms with van der Waals surface area (Å²) in [5, 5.41) is 0. The SMILES string of the molecule is CC(C)CCCCCS(=O)(=O)[O-].[Na+]. The second-order valence-electron chi connectivity index (χ2n) is 3.50. The summed E-state index contributed by atoms with van der Waals surface area (Å²) in [6, 6.07) is 0. The third kappa shape index (κ3) is 15.6. The van der Waals surface area contributed by atoms with E-state index >= 15 is 0 Å². The van der Waals surface area contributed by atoms with Crippen molar-refractivity contribution in [3.8, 4) is 0 Å². The van der Waals surface area contributed by atoms with Gasteiger partial charge in [-0.3, -0.25) is 0 Å². The minimum Gasteiger partial charge on any atom is -0.748 e. The van der Waals surface area contributed by atoms with Gasteiger partial charge in [0.15, 0.2) is 0 Å². The average molecular weight is 216 g/mol. The molecule has 74 valence electrons. The topological polar surface area (TPSA) is 57.2 Å². The van der Waals surface area contributed by atoms with Crippen molar-refractivity contribution in [2.45, 2.75) is 39.5 Å². The van der Waals surface area contributed by atoms with Gasteiger partial charge in [-0.2, -0.15) is 0 Å². The Labute approximate surface area is 103 Å². The molecule has 0 aliphatic carbocycles. The van der Waals surface area contributed by atoms with Crippen molar-refractivity contribution in [3.05, 3.63) is 0 Å². The number of hydrogen-bond acceptors (Lipinski definition) is 3. The average Bonchev–Trinajstić information content (AvgIpc) is 1.83. The van der Waals surface area contributed by atoms with Crippen molar-refractivity contribution in [1.82, 2.24) is 0 Å². The molecule has 0 rings (SSSR count). The van der Waals surface area contributed by atoms with E-state index in [1.807, 2.05) is 0 Å². The fraction of sp³-hybridized carbons (Fsp3) is 1.00. The van der Waals surface area contributed by atoms with Gasteiger partial charge in [-0.25, -0.2) is 8.42 Å². The Morgan fingerprint density at radius 1 is 1.15 bits per heavy atom. The van der Waals surface area contributed by atoms with Crippen LogP contribution >= 0.6 is 0 Å². The molecule has 5 heteroatoms. The van der Waals surface area contributed by atoms with E-state index in [0.29, 0.717) is 12.3 Å². The van der Waals surface area contributed by atoms with Crippen molar-refractivity contribution in [2.24, 2.45) is 5.92 Å². The summed E-state index contributed by atoms with van der Waals surface area (Å²) < 4.78 is 30.5. The van der Waals surface area contributed by atoms with E-state index in [1.165, 1.54) is 0 Å². The second-order valence-corrected chi connectivity index (χ2v) is 5.03. The van der Waals surface area contributed by atoms with Crippen LogP contribution in [0.3, 0.4) is 0 Å². The summed E-state index contributed by atoms with van der Waals surface area (Å²) in [7, 11) is -3.97. The summed E-state index contributed by atoms with van der Waals surface area (Å²) in [4.78, 5) is 0. The van der Waals surface area contributed by atoms with E-state index in [1.54, 1.807) is 0 Å². The predicted octanol–water partition coefficient (Wildman–Crippen LogP) is -1.25. The first-order valence-electron chi connectivity index (χ1n) is 4.35. The zero-order valence-corrected chi connectivity index (χ0v) is 11.6. The fourth-order valence-corrected chi connectivity index (χ4v) is 1.57. The Hall–Kier alpha value is 0.910. The summed E-state index contributed by atoms with van der Waals surface area (Å²) >= 11 is 0. The van der Waals surface area contributed by atoms with Gasteiger partial charge in [0.25, 0.3) is 0 Å². The third-order valence-electron chi connectivity index (χ3n) is 1.68. The van der Waals surface area contributed by atoms with Gasteiger partial charge in [-0.15, -0.1) is 0 Å². The fourth-order valence-electron chi connectivity index (χ4n) is 1.01. The van der Waals surface area contributed by atoms with Crippen LogP contribution in [0.2, 0.25) is 0 Å². The summed E-state index contributed by atoms with van der Waals surface area (Å²) in [6.07, 6.45) is 3.49. The van der Waals surface area contributed by atoms with Crippen LogP contribution in [0.25, 0.3) is 0 Å². The molecule has 0 aromatic carbocycles. The zero-order chi connectivity index (χ0) is 9.61. The second kappa shape index (κ2) is 8.24. The van der Waals surface area contributed by atoms with Crippen molar-refractivity contribution in [3.63, 3.8) is 0 Å². The van der Waals surface area contributed by atoms with Gasteiger partial charge in [0.05, 0.1) is 10.1 Å². The van der Waals surface area contributed by atoms with E-state index in [2.05, 4.69) is 13.8 Å². The Balaban J connectivity index is 0. The van der Waals surface area contributed by atoms with Crippen LogP contribution in [0.1, 0.15) is 39.5 Å². The van der Waals surface area contributed by atoms with Crippen LogP contribution in [0.15, 0.2) is 0 Å². The molecule has 0 heterocycles. The molecule has 3 nitrogen and oxygen atoms in total. The largest absolute Gasteiger partial charge is 1.00 e. The zero-order valence-electron chi connectivity index (χ0n) is 8.75. The van der Waals surface area contributed by atoms with Crippen LogP contribution in [0.4, 0.5) is 0 Å². The monoisotopic (exact) mass is 216 g/mol. The summed E-state index contributed by atoms with van der Waals surface area (Å²) in [6.45, 7) is 4.26. The van der Waals surface area contributed by atoms with Crippen LogP contribution in [0.5, 0.6) is 0 Å². The quantitative estimate of drug-likeness (QED) is 0.317. The number of rotatable bonds is 6. The van der Waals surface area contributed by atoms with Gasteiger partial charge >= 0.3 is 29.6 Å². The maximum atomic E-state index is 10.2. The van der Waals surface area contributed by atoms with Gasteiger partial charge < -0.3 is 4.55 Å². The first-order chi connectivity index (χ1) is 5.42. The Bertz CT molecular complexity index is 199. The van der Waals surface area contributed by atoms with Gasteiger partial charge in [0.2, 0.25) is 0 Å². The van der Waals surface area contributed by atoms with E-state index in [0.717, 1.165) is 19.3 Å². The first kappa shape index (κ1) is 16.3. The molecule has 0 bridgehead atoms. The molecule has 0 fully saturated rings. The molecule has 0 saturated heterocycles. The standard InChI is InChI=1S/C8H18O3S.Na/c1-8(2)6-4-3-5-7-12(9,10)11;/h8H,3-7H2,1-2H3,(H,9,10,11);/q;+1/p-1. The van der Waals surface area contributed by atoms with Crippen LogP contribution in [-0.4, -0.2) is 18.7 Å². The molecule has 0 N–H and O–H groups in total. The molecule has 0 saturated carbocycles. The van der Waals surface area contributed by atoms with Gasteiger partial charge in [0, 0.05) is 5.75 Å². The van der Waals surface area contributed by atoms with Crippen molar-refractivity contribution < 1.29 is 42.5 Å². The van der Waals surface area contributed by atoms with Crippen LogP contribution < -0.4 is 29.6 Å².